The monoisotopic (exact) mass is 343 g/mol. The Kier molecular flexibility index (Phi) is 5.03. The number of halogens is 1. The number of rotatable bonds is 5. The van der Waals surface area contributed by atoms with E-state index in [1.807, 2.05) is 0 Å². The van der Waals surface area contributed by atoms with E-state index in [2.05, 4.69) is 0 Å². The summed E-state index contributed by atoms with van der Waals surface area (Å²) in [6.07, 6.45) is 0.145. The third-order valence-electron chi connectivity index (χ3n) is 4.02. The highest BCUT2D eigenvalue weighted by Gasteiger charge is 2.33. The number of carbonyl (C=O) groups is 2. The van der Waals surface area contributed by atoms with Gasteiger partial charge in [0.25, 0.3) is 0 Å². The predicted molar refractivity (Wildman–Crippen MR) is 80.0 cm³/mol. The molecule has 0 aromatic heterocycles. The molecule has 6 nitrogen and oxygen atoms in total. The summed E-state index contributed by atoms with van der Waals surface area (Å²) in [4.78, 5) is 24.4. The highest BCUT2D eigenvalue weighted by atomic mass is 32.2. The van der Waals surface area contributed by atoms with Crippen LogP contribution in [-0.4, -0.2) is 48.6 Å². The number of likely N-dealkylation sites (tertiary alicyclic amines) is 1. The molecule has 1 N–H and O–H groups in total. The van der Waals surface area contributed by atoms with E-state index < -0.39 is 32.8 Å². The molecule has 1 amide bonds. The van der Waals surface area contributed by atoms with E-state index in [-0.39, 0.29) is 23.8 Å². The number of carboxylic acids is 1. The summed E-state index contributed by atoms with van der Waals surface area (Å²) in [6, 6.07) is 4.45. The summed E-state index contributed by atoms with van der Waals surface area (Å²) < 4.78 is 37.6. The minimum absolute atomic E-state index is 0.0379. The maximum atomic E-state index is 12.9. The van der Waals surface area contributed by atoms with Crippen LogP contribution < -0.4 is 0 Å². The first-order chi connectivity index (χ1) is 10.7. The average Bonchev–Trinajstić information content (AvgIpc) is 2.97. The Morgan fingerprint density at radius 1 is 1.35 bits per heavy atom. The number of carboxylic acid groups (broad SMARTS) is 1. The van der Waals surface area contributed by atoms with E-state index in [0.29, 0.717) is 13.0 Å². The van der Waals surface area contributed by atoms with Crippen LogP contribution in [0.15, 0.2) is 29.2 Å². The van der Waals surface area contributed by atoms with Crippen molar-refractivity contribution in [3.63, 3.8) is 0 Å². The second-order valence-electron chi connectivity index (χ2n) is 5.68. The molecule has 0 unspecified atom stereocenters. The van der Waals surface area contributed by atoms with Gasteiger partial charge in [0.05, 0.1) is 16.1 Å². The first-order valence-electron chi connectivity index (χ1n) is 7.22. The van der Waals surface area contributed by atoms with E-state index in [1.54, 1.807) is 0 Å². The van der Waals surface area contributed by atoms with Crippen molar-refractivity contribution in [2.75, 3.05) is 13.1 Å². The second-order valence-corrected chi connectivity index (χ2v) is 8.04. The third kappa shape index (κ3) is 3.87. The number of hydrogen-bond acceptors (Lipinski definition) is 4. The molecule has 0 saturated carbocycles. The first-order valence-corrected chi connectivity index (χ1v) is 8.76. The standard InChI is InChI=1S/C15H18FNO5S/c1-10(23(21,22)13-4-2-12(16)3-5-13)8-14(18)17-7-6-11(9-17)15(19)20/h2-5,10-11H,6-9H2,1H3,(H,19,20)/t10-,11-/m0/s1. The van der Waals surface area contributed by atoms with Crippen LogP contribution in [0.1, 0.15) is 19.8 Å². The largest absolute Gasteiger partial charge is 0.481 e. The molecule has 1 aromatic carbocycles. The van der Waals surface area contributed by atoms with Gasteiger partial charge in [-0.1, -0.05) is 0 Å². The SMILES string of the molecule is C[C@@H](CC(=O)N1CC[C@H](C(=O)O)C1)S(=O)(=O)c1ccc(F)cc1. The zero-order chi connectivity index (χ0) is 17.2. The average molecular weight is 343 g/mol. The van der Waals surface area contributed by atoms with Gasteiger partial charge in [-0.2, -0.15) is 0 Å². The van der Waals surface area contributed by atoms with E-state index in [4.69, 9.17) is 5.11 Å². The highest BCUT2D eigenvalue weighted by molar-refractivity contribution is 7.92. The van der Waals surface area contributed by atoms with E-state index in [1.165, 1.54) is 24.0 Å². The van der Waals surface area contributed by atoms with Crippen molar-refractivity contribution in [1.82, 2.24) is 4.90 Å². The molecule has 0 spiro atoms. The van der Waals surface area contributed by atoms with Gasteiger partial charge in [-0.15, -0.1) is 0 Å². The lowest BCUT2D eigenvalue weighted by Crippen LogP contribution is -2.33. The molecule has 0 radical (unpaired) electrons. The van der Waals surface area contributed by atoms with Gasteiger partial charge in [0, 0.05) is 19.5 Å². The Bertz CT molecular complexity index is 701. The Hall–Kier alpha value is -1.96. The van der Waals surface area contributed by atoms with Gasteiger partial charge < -0.3 is 10.0 Å². The number of aliphatic carboxylic acids is 1. The minimum Gasteiger partial charge on any atom is -0.481 e. The minimum atomic E-state index is -3.74. The van der Waals surface area contributed by atoms with Crippen LogP contribution in [0.2, 0.25) is 0 Å². The molecule has 1 fully saturated rings. The van der Waals surface area contributed by atoms with Crippen molar-refractivity contribution in [2.24, 2.45) is 5.92 Å². The summed E-state index contributed by atoms with van der Waals surface area (Å²) in [6.45, 7) is 1.85. The molecule has 0 bridgehead atoms. The molecule has 1 saturated heterocycles. The van der Waals surface area contributed by atoms with Crippen LogP contribution in [-0.2, 0) is 19.4 Å². The van der Waals surface area contributed by atoms with E-state index in [0.717, 1.165) is 12.1 Å². The van der Waals surface area contributed by atoms with E-state index in [9.17, 15) is 22.4 Å². The van der Waals surface area contributed by atoms with Gasteiger partial charge in [0.1, 0.15) is 5.82 Å². The normalized spacial score (nSPS) is 19.6. The molecule has 1 aliphatic heterocycles. The molecule has 0 aliphatic carbocycles. The molecule has 23 heavy (non-hydrogen) atoms. The molecule has 126 valence electrons. The van der Waals surface area contributed by atoms with Crippen molar-refractivity contribution >= 4 is 21.7 Å². The zero-order valence-corrected chi connectivity index (χ0v) is 13.4. The topological polar surface area (TPSA) is 91.8 Å². The van der Waals surface area contributed by atoms with Crippen LogP contribution >= 0.6 is 0 Å². The summed E-state index contributed by atoms with van der Waals surface area (Å²) in [5, 5.41) is 7.96. The van der Waals surface area contributed by atoms with Gasteiger partial charge in [-0.05, 0) is 37.6 Å². The summed E-state index contributed by atoms with van der Waals surface area (Å²) >= 11 is 0. The fourth-order valence-electron chi connectivity index (χ4n) is 2.53. The van der Waals surface area contributed by atoms with Crippen LogP contribution in [0.3, 0.4) is 0 Å². The van der Waals surface area contributed by atoms with Crippen LogP contribution in [0.25, 0.3) is 0 Å². The number of benzene rings is 1. The number of nitrogens with zero attached hydrogens (tertiary/aromatic N) is 1. The summed E-state index contributed by atoms with van der Waals surface area (Å²) in [5.41, 5.74) is 0. The quantitative estimate of drug-likeness (QED) is 0.814. The summed E-state index contributed by atoms with van der Waals surface area (Å²) in [5.74, 6) is -2.47. The Labute approximate surface area is 133 Å². The van der Waals surface area contributed by atoms with Crippen molar-refractivity contribution < 1.29 is 27.5 Å². The zero-order valence-electron chi connectivity index (χ0n) is 12.6. The predicted octanol–water partition coefficient (Wildman–Crippen LogP) is 1.31. The molecular weight excluding hydrogens is 325 g/mol. The Morgan fingerprint density at radius 3 is 2.48 bits per heavy atom. The van der Waals surface area contributed by atoms with Crippen molar-refractivity contribution in [3.8, 4) is 0 Å². The Morgan fingerprint density at radius 2 is 1.96 bits per heavy atom. The lowest BCUT2D eigenvalue weighted by molar-refractivity contribution is -0.141. The third-order valence-corrected chi connectivity index (χ3v) is 6.18. The van der Waals surface area contributed by atoms with Crippen molar-refractivity contribution in [3.05, 3.63) is 30.1 Å². The number of hydrogen-bond donors (Lipinski definition) is 1. The smallest absolute Gasteiger partial charge is 0.308 e. The molecule has 1 heterocycles. The van der Waals surface area contributed by atoms with Gasteiger partial charge in [0.15, 0.2) is 9.84 Å². The Balaban J connectivity index is 2.03. The molecular formula is C15H18FNO5S. The molecule has 1 aromatic rings. The van der Waals surface area contributed by atoms with E-state index >= 15 is 0 Å². The lowest BCUT2D eigenvalue weighted by atomic mass is 10.1. The fourth-order valence-corrected chi connectivity index (χ4v) is 3.87. The van der Waals surface area contributed by atoms with Gasteiger partial charge in [0.2, 0.25) is 5.91 Å². The van der Waals surface area contributed by atoms with Gasteiger partial charge in [-0.3, -0.25) is 9.59 Å². The van der Waals surface area contributed by atoms with Crippen molar-refractivity contribution in [1.29, 1.82) is 0 Å². The lowest BCUT2D eigenvalue weighted by Gasteiger charge is -2.19. The van der Waals surface area contributed by atoms with Gasteiger partial charge in [-0.25, -0.2) is 12.8 Å². The van der Waals surface area contributed by atoms with Gasteiger partial charge >= 0.3 is 5.97 Å². The maximum absolute atomic E-state index is 12.9. The van der Waals surface area contributed by atoms with Crippen LogP contribution in [0, 0.1) is 11.7 Å². The molecule has 2 atom stereocenters. The number of amides is 1. The maximum Gasteiger partial charge on any atom is 0.308 e. The molecule has 2 rings (SSSR count). The fraction of sp³-hybridized carbons (Fsp3) is 0.467. The first kappa shape index (κ1) is 17.4. The molecule has 1 aliphatic rings. The number of sulfone groups is 1. The van der Waals surface area contributed by atoms with Crippen LogP contribution in [0.5, 0.6) is 0 Å². The highest BCUT2D eigenvalue weighted by Crippen LogP contribution is 2.22. The number of carbonyl (C=O) groups excluding carboxylic acids is 1. The summed E-state index contributed by atoms with van der Waals surface area (Å²) in [7, 11) is -3.74. The van der Waals surface area contributed by atoms with Crippen LogP contribution in [0.4, 0.5) is 4.39 Å². The molecule has 8 heteroatoms. The van der Waals surface area contributed by atoms with Crippen molar-refractivity contribution in [2.45, 2.75) is 29.9 Å². The second kappa shape index (κ2) is 6.66.